The molecule has 1 N–H and O–H groups in total. The molecule has 1 aliphatic rings. The van der Waals surface area contributed by atoms with Crippen molar-refractivity contribution < 1.29 is 22.9 Å². The van der Waals surface area contributed by atoms with Gasteiger partial charge in [-0.3, -0.25) is 0 Å². The second-order valence-corrected chi connectivity index (χ2v) is 8.39. The molecule has 0 aromatic heterocycles. The number of aliphatic hydroxyl groups is 1. The number of likely N-dealkylation sites (N-methyl/N-ethyl adjacent to an activating group) is 1. The van der Waals surface area contributed by atoms with E-state index < -0.39 is 8.80 Å². The first-order valence-electron chi connectivity index (χ1n) is 6.66. The summed E-state index contributed by atoms with van der Waals surface area (Å²) in [6, 6.07) is 1.23. The van der Waals surface area contributed by atoms with Crippen LogP contribution < -0.4 is 0 Å². The molecule has 1 unspecified atom stereocenters. The Labute approximate surface area is 112 Å². The van der Waals surface area contributed by atoms with Gasteiger partial charge in [-0.1, -0.05) is 0 Å². The van der Waals surface area contributed by atoms with Gasteiger partial charge in [0.25, 0.3) is 0 Å². The first-order valence-corrected chi connectivity index (χ1v) is 8.59. The average Bonchev–Trinajstić information content (AvgIpc) is 2.76. The zero-order valence-electron chi connectivity index (χ0n) is 12.1. The van der Waals surface area contributed by atoms with Crippen molar-refractivity contribution in [3.05, 3.63) is 0 Å². The monoisotopic (exact) mass is 278 g/mol. The van der Waals surface area contributed by atoms with Crippen molar-refractivity contribution in [2.75, 3.05) is 48.1 Å². The minimum atomic E-state index is -2.43. The summed E-state index contributed by atoms with van der Waals surface area (Å²) in [5.41, 5.74) is 0. The molecule has 1 aliphatic heterocycles. The maximum Gasteiger partial charge on any atom is 0.500 e. The van der Waals surface area contributed by atoms with Gasteiger partial charge in [0.2, 0.25) is 0 Å². The van der Waals surface area contributed by atoms with Gasteiger partial charge in [0.15, 0.2) is 0 Å². The van der Waals surface area contributed by atoms with Crippen molar-refractivity contribution in [3.63, 3.8) is 0 Å². The number of nitrogens with zero attached hydrogens (tertiary/aromatic N) is 1. The van der Waals surface area contributed by atoms with Gasteiger partial charge in [0.05, 0.1) is 26.7 Å². The molecule has 6 heteroatoms. The number of aliphatic hydroxyl groups excluding tert-OH is 1. The Morgan fingerprint density at radius 3 is 2.33 bits per heavy atom. The lowest BCUT2D eigenvalue weighted by molar-refractivity contribution is -0.921. The molecule has 0 aliphatic carbocycles. The van der Waals surface area contributed by atoms with Crippen LogP contribution in [0.15, 0.2) is 0 Å². The van der Waals surface area contributed by atoms with Crippen LogP contribution in [0.1, 0.15) is 19.3 Å². The fourth-order valence-electron chi connectivity index (χ4n) is 2.98. The highest BCUT2D eigenvalue weighted by Crippen LogP contribution is 2.26. The molecule has 0 radical (unpaired) electrons. The van der Waals surface area contributed by atoms with Crippen molar-refractivity contribution in [2.24, 2.45) is 0 Å². The molecule has 18 heavy (non-hydrogen) atoms. The van der Waals surface area contributed by atoms with Gasteiger partial charge in [-0.2, -0.15) is 0 Å². The van der Waals surface area contributed by atoms with Crippen LogP contribution in [0.4, 0.5) is 0 Å². The molecule has 0 aromatic rings. The summed E-state index contributed by atoms with van der Waals surface area (Å²) in [6.45, 7) is 2.50. The van der Waals surface area contributed by atoms with Crippen molar-refractivity contribution in [1.29, 1.82) is 0 Å². The van der Waals surface area contributed by atoms with Crippen molar-refractivity contribution in [2.45, 2.75) is 31.3 Å². The number of likely N-dealkylation sites (tertiary alicyclic amines) is 1. The third kappa shape index (κ3) is 3.52. The van der Waals surface area contributed by atoms with E-state index in [0.29, 0.717) is 6.04 Å². The third-order valence-electron chi connectivity index (χ3n) is 4.38. The van der Waals surface area contributed by atoms with Gasteiger partial charge in [-0.05, 0) is 0 Å². The molecule has 0 saturated carbocycles. The molecular formula is C12H28NO4Si+. The molecule has 0 aromatic carbocycles. The molecule has 108 valence electrons. The molecule has 1 rings (SSSR count). The molecule has 0 bridgehead atoms. The van der Waals surface area contributed by atoms with Gasteiger partial charge in [-0.15, -0.1) is 0 Å². The Hall–Kier alpha value is 0.0169. The summed E-state index contributed by atoms with van der Waals surface area (Å²) in [7, 11) is 4.78. The zero-order chi connectivity index (χ0) is 13.6. The number of hydrogen-bond donors (Lipinski definition) is 1. The van der Waals surface area contributed by atoms with E-state index in [2.05, 4.69) is 7.05 Å². The summed E-state index contributed by atoms with van der Waals surface area (Å²) in [4.78, 5) is 0. The summed E-state index contributed by atoms with van der Waals surface area (Å²) in [6.07, 6.45) is 3.35. The van der Waals surface area contributed by atoms with Gasteiger partial charge in [-0.25, -0.2) is 0 Å². The Balaban J connectivity index is 2.45. The highest BCUT2D eigenvalue weighted by molar-refractivity contribution is 6.60. The maximum absolute atomic E-state index is 9.42. The van der Waals surface area contributed by atoms with Crippen LogP contribution in [0.25, 0.3) is 0 Å². The largest absolute Gasteiger partial charge is 0.500 e. The van der Waals surface area contributed by atoms with Crippen LogP contribution in [-0.4, -0.2) is 72.5 Å². The summed E-state index contributed by atoms with van der Waals surface area (Å²) < 4.78 is 17.2. The Morgan fingerprint density at radius 1 is 1.22 bits per heavy atom. The molecule has 1 saturated heterocycles. The van der Waals surface area contributed by atoms with Crippen LogP contribution in [0.5, 0.6) is 0 Å². The first-order chi connectivity index (χ1) is 8.55. The quantitative estimate of drug-likeness (QED) is 0.528. The van der Waals surface area contributed by atoms with Crippen molar-refractivity contribution in [1.82, 2.24) is 0 Å². The predicted octanol–water partition coefficient (Wildman–Crippen LogP) is 0.856. The highest BCUT2D eigenvalue weighted by Gasteiger charge is 2.41. The van der Waals surface area contributed by atoms with E-state index in [1.807, 2.05) is 0 Å². The molecule has 5 nitrogen and oxygen atoms in total. The van der Waals surface area contributed by atoms with E-state index in [9.17, 15) is 5.11 Å². The lowest BCUT2D eigenvalue weighted by Crippen LogP contribution is -2.51. The summed E-state index contributed by atoms with van der Waals surface area (Å²) in [5, 5.41) is 9.42. The normalized spacial score (nSPS) is 28.8. The highest BCUT2D eigenvalue weighted by atomic mass is 28.4. The Morgan fingerprint density at radius 2 is 1.83 bits per heavy atom. The standard InChI is InChI=1S/C12H28NO4Si/c1-13(8-5-7-12(13)11-14)9-6-10-18(15-2,16-3)17-4/h12,14H,5-11H2,1-4H3/q+1/t12-,13?/m0/s1. The van der Waals surface area contributed by atoms with E-state index in [-0.39, 0.29) is 6.61 Å². The Kier molecular flexibility index (Phi) is 6.23. The van der Waals surface area contributed by atoms with Crippen LogP contribution >= 0.6 is 0 Å². The first kappa shape index (κ1) is 16.1. The van der Waals surface area contributed by atoms with Crippen LogP contribution in [0.3, 0.4) is 0 Å². The topological polar surface area (TPSA) is 47.9 Å². The van der Waals surface area contributed by atoms with Gasteiger partial charge in [0, 0.05) is 46.6 Å². The Bertz CT molecular complexity index is 242. The van der Waals surface area contributed by atoms with E-state index in [1.165, 1.54) is 6.42 Å². The lowest BCUT2D eigenvalue weighted by atomic mass is 10.2. The number of rotatable bonds is 8. The fourth-order valence-corrected chi connectivity index (χ4v) is 4.68. The maximum atomic E-state index is 9.42. The predicted molar refractivity (Wildman–Crippen MR) is 72.2 cm³/mol. The van der Waals surface area contributed by atoms with E-state index in [1.54, 1.807) is 21.3 Å². The molecule has 0 amide bonds. The van der Waals surface area contributed by atoms with Gasteiger partial charge < -0.3 is 22.9 Å². The number of hydrogen-bond acceptors (Lipinski definition) is 4. The van der Waals surface area contributed by atoms with Gasteiger partial charge in [0.1, 0.15) is 6.04 Å². The molecule has 0 spiro atoms. The smallest absolute Gasteiger partial charge is 0.390 e. The van der Waals surface area contributed by atoms with Crippen molar-refractivity contribution in [3.8, 4) is 0 Å². The van der Waals surface area contributed by atoms with E-state index in [0.717, 1.165) is 36.5 Å². The fraction of sp³-hybridized carbons (Fsp3) is 1.00. The summed E-state index contributed by atoms with van der Waals surface area (Å²) >= 11 is 0. The van der Waals surface area contributed by atoms with Crippen LogP contribution in [-0.2, 0) is 13.3 Å². The average molecular weight is 278 g/mol. The summed E-state index contributed by atoms with van der Waals surface area (Å²) in [5.74, 6) is 0. The minimum absolute atomic E-state index is 0.290. The molecule has 1 fully saturated rings. The second kappa shape index (κ2) is 6.98. The van der Waals surface area contributed by atoms with Crippen LogP contribution in [0.2, 0.25) is 6.04 Å². The van der Waals surface area contributed by atoms with Crippen molar-refractivity contribution >= 4 is 8.80 Å². The van der Waals surface area contributed by atoms with Crippen LogP contribution in [0, 0.1) is 0 Å². The third-order valence-corrected chi connectivity index (χ3v) is 7.22. The van der Waals surface area contributed by atoms with Gasteiger partial charge >= 0.3 is 8.80 Å². The van der Waals surface area contributed by atoms with E-state index >= 15 is 0 Å². The zero-order valence-corrected chi connectivity index (χ0v) is 13.1. The SMILES string of the molecule is CO[Si](CCC[N+]1(C)CCC[C@H]1CO)(OC)OC. The lowest BCUT2D eigenvalue weighted by Gasteiger charge is -2.36. The molecule has 2 atom stereocenters. The molecule has 1 heterocycles. The number of quaternary nitrogens is 1. The minimum Gasteiger partial charge on any atom is -0.390 e. The molecular weight excluding hydrogens is 250 g/mol. The van der Waals surface area contributed by atoms with E-state index in [4.69, 9.17) is 13.3 Å². The second-order valence-electron chi connectivity index (χ2n) is 5.30.